The van der Waals surface area contributed by atoms with Crippen LogP contribution in [0.1, 0.15) is 20.8 Å². The number of rotatable bonds is 10. The van der Waals surface area contributed by atoms with Gasteiger partial charge < -0.3 is 10.1 Å². The quantitative estimate of drug-likeness (QED) is 0.542. The Balaban J connectivity index is 2.21. The van der Waals surface area contributed by atoms with Gasteiger partial charge >= 0.3 is 0 Å². The van der Waals surface area contributed by atoms with Crippen molar-refractivity contribution in [1.82, 2.24) is 4.31 Å². The summed E-state index contributed by atoms with van der Waals surface area (Å²) in [6.07, 6.45) is 0. The van der Waals surface area contributed by atoms with Crippen LogP contribution in [0.5, 0.6) is 5.75 Å². The summed E-state index contributed by atoms with van der Waals surface area (Å²) >= 11 is 0.844. The summed E-state index contributed by atoms with van der Waals surface area (Å²) in [5.41, 5.74) is 0.259. The second-order valence-electron chi connectivity index (χ2n) is 6.10. The van der Waals surface area contributed by atoms with Gasteiger partial charge in [-0.3, -0.25) is 4.79 Å². The molecule has 0 saturated heterocycles. The Kier molecular flexibility index (Phi) is 8.63. The first kappa shape index (κ1) is 24.1. The number of thioether (sulfide) groups is 1. The number of carbonyl (C=O) groups excluding carboxylic acids is 1. The minimum absolute atomic E-state index is 0.0154. The zero-order valence-electron chi connectivity index (χ0n) is 16.9. The molecule has 6 nitrogen and oxygen atoms in total. The number of benzene rings is 2. The van der Waals surface area contributed by atoms with Gasteiger partial charge in [-0.2, -0.15) is 4.31 Å². The first-order chi connectivity index (χ1) is 14.2. The van der Waals surface area contributed by atoms with E-state index < -0.39 is 27.6 Å². The maximum atomic E-state index is 13.7. The third-order valence-corrected chi connectivity index (χ3v) is 7.20. The minimum Gasteiger partial charge on any atom is -0.492 e. The van der Waals surface area contributed by atoms with E-state index in [1.165, 1.54) is 22.5 Å². The molecule has 0 saturated carbocycles. The number of nitrogens with zero attached hydrogens (tertiary/aromatic N) is 1. The number of hydrogen-bond acceptors (Lipinski definition) is 5. The molecule has 10 heteroatoms. The molecular formula is C20H24F2N2O4S2. The van der Waals surface area contributed by atoms with E-state index >= 15 is 0 Å². The number of amides is 1. The Morgan fingerprint density at radius 2 is 1.80 bits per heavy atom. The van der Waals surface area contributed by atoms with Crippen molar-refractivity contribution in [1.29, 1.82) is 0 Å². The van der Waals surface area contributed by atoms with Gasteiger partial charge in [0, 0.05) is 23.7 Å². The van der Waals surface area contributed by atoms with Gasteiger partial charge in [0.05, 0.1) is 12.4 Å². The molecule has 30 heavy (non-hydrogen) atoms. The second kappa shape index (κ2) is 10.7. The summed E-state index contributed by atoms with van der Waals surface area (Å²) in [4.78, 5) is 12.2. The van der Waals surface area contributed by atoms with Crippen LogP contribution in [-0.2, 0) is 14.8 Å². The average Bonchev–Trinajstić information content (AvgIpc) is 2.70. The summed E-state index contributed by atoms with van der Waals surface area (Å²) in [7, 11) is -3.82. The largest absolute Gasteiger partial charge is 0.492 e. The molecule has 2 aromatic carbocycles. The van der Waals surface area contributed by atoms with Crippen LogP contribution in [-0.4, -0.2) is 44.1 Å². The van der Waals surface area contributed by atoms with Crippen LogP contribution in [0.25, 0.3) is 0 Å². The van der Waals surface area contributed by atoms with Crippen LogP contribution < -0.4 is 10.1 Å². The first-order valence-corrected chi connectivity index (χ1v) is 11.8. The fourth-order valence-electron chi connectivity index (χ4n) is 2.69. The minimum atomic E-state index is -3.82. The Labute approximate surface area is 179 Å². The molecule has 0 aliphatic rings. The van der Waals surface area contributed by atoms with Gasteiger partial charge in [0.2, 0.25) is 15.9 Å². The van der Waals surface area contributed by atoms with Crippen molar-refractivity contribution in [3.05, 3.63) is 48.0 Å². The molecule has 0 spiro atoms. The topological polar surface area (TPSA) is 75.7 Å². The fraction of sp³-hybridized carbons (Fsp3) is 0.350. The molecule has 0 bridgehead atoms. The Hall–Kier alpha value is -2.17. The fourth-order valence-corrected chi connectivity index (χ4v) is 5.07. The zero-order valence-corrected chi connectivity index (χ0v) is 18.6. The highest BCUT2D eigenvalue weighted by molar-refractivity contribution is 8.00. The number of ether oxygens (including phenoxy) is 1. The SMILES string of the molecule is CCOc1ccc(NC(=O)CSc2cc(F)ccc2F)cc1S(=O)(=O)N(CC)CC. The van der Waals surface area contributed by atoms with Crippen molar-refractivity contribution < 1.29 is 26.7 Å². The molecule has 0 aromatic heterocycles. The van der Waals surface area contributed by atoms with Gasteiger partial charge in [-0.15, -0.1) is 11.8 Å². The highest BCUT2D eigenvalue weighted by atomic mass is 32.2. The Bertz CT molecular complexity index is 996. The number of halogens is 2. The third-order valence-electron chi connectivity index (χ3n) is 4.10. The van der Waals surface area contributed by atoms with E-state index in [1.54, 1.807) is 20.8 Å². The molecule has 164 valence electrons. The third kappa shape index (κ3) is 5.93. The van der Waals surface area contributed by atoms with Crippen molar-refractivity contribution >= 4 is 33.4 Å². The van der Waals surface area contributed by atoms with Gasteiger partial charge in [-0.1, -0.05) is 13.8 Å². The van der Waals surface area contributed by atoms with Crippen LogP contribution in [0, 0.1) is 11.6 Å². The summed E-state index contributed by atoms with van der Waals surface area (Å²) in [5.74, 6) is -1.69. The zero-order chi connectivity index (χ0) is 22.3. The molecule has 2 rings (SSSR count). The van der Waals surface area contributed by atoms with E-state index in [0.29, 0.717) is 0 Å². The Morgan fingerprint density at radius 3 is 2.43 bits per heavy atom. The van der Waals surface area contributed by atoms with Crippen molar-refractivity contribution in [3.8, 4) is 5.75 Å². The highest BCUT2D eigenvalue weighted by Gasteiger charge is 2.26. The molecule has 0 fully saturated rings. The van der Waals surface area contributed by atoms with Gasteiger partial charge in [-0.25, -0.2) is 17.2 Å². The predicted molar refractivity (Wildman–Crippen MR) is 113 cm³/mol. The van der Waals surface area contributed by atoms with Gasteiger partial charge in [-0.05, 0) is 43.3 Å². The van der Waals surface area contributed by atoms with Crippen LogP contribution >= 0.6 is 11.8 Å². The number of nitrogens with one attached hydrogen (secondary N) is 1. The summed E-state index contributed by atoms with van der Waals surface area (Å²) in [5, 5.41) is 2.59. The normalized spacial score (nSPS) is 11.5. The van der Waals surface area contributed by atoms with Crippen LogP contribution in [0.3, 0.4) is 0 Å². The summed E-state index contributed by atoms with van der Waals surface area (Å²) < 4.78 is 59.6. The van der Waals surface area contributed by atoms with E-state index in [1.807, 2.05) is 0 Å². The summed E-state index contributed by atoms with van der Waals surface area (Å²) in [6, 6.07) is 7.35. The lowest BCUT2D eigenvalue weighted by Crippen LogP contribution is -2.31. The Morgan fingerprint density at radius 1 is 1.10 bits per heavy atom. The van der Waals surface area contributed by atoms with E-state index in [0.717, 1.165) is 30.0 Å². The van der Waals surface area contributed by atoms with E-state index in [-0.39, 0.29) is 46.7 Å². The van der Waals surface area contributed by atoms with Crippen LogP contribution in [0.2, 0.25) is 0 Å². The van der Waals surface area contributed by atoms with E-state index in [9.17, 15) is 22.0 Å². The van der Waals surface area contributed by atoms with Crippen molar-refractivity contribution in [2.24, 2.45) is 0 Å². The number of sulfonamides is 1. The van der Waals surface area contributed by atoms with Gasteiger partial charge in [0.25, 0.3) is 0 Å². The van der Waals surface area contributed by atoms with Crippen molar-refractivity contribution in [2.45, 2.75) is 30.6 Å². The molecule has 0 heterocycles. The number of carbonyl (C=O) groups is 1. The molecule has 0 atom stereocenters. The first-order valence-electron chi connectivity index (χ1n) is 9.37. The molecule has 0 unspecified atom stereocenters. The standard InChI is InChI=1S/C20H24F2N2O4S2/c1-4-24(5-2)30(26,27)19-12-15(8-10-17(19)28-6-3)23-20(25)13-29-18-11-14(21)7-9-16(18)22/h7-12H,4-6,13H2,1-3H3,(H,23,25). The maximum Gasteiger partial charge on any atom is 0.246 e. The molecule has 1 amide bonds. The van der Waals surface area contributed by atoms with Crippen LogP contribution in [0.15, 0.2) is 46.2 Å². The molecule has 2 aromatic rings. The van der Waals surface area contributed by atoms with E-state index in [4.69, 9.17) is 4.74 Å². The number of anilines is 1. The lowest BCUT2D eigenvalue weighted by molar-refractivity contribution is -0.113. The van der Waals surface area contributed by atoms with Gasteiger partial charge in [0.15, 0.2) is 0 Å². The monoisotopic (exact) mass is 458 g/mol. The van der Waals surface area contributed by atoms with Crippen LogP contribution in [0.4, 0.5) is 14.5 Å². The van der Waals surface area contributed by atoms with Gasteiger partial charge in [0.1, 0.15) is 22.3 Å². The summed E-state index contributed by atoms with van der Waals surface area (Å²) in [6.45, 7) is 6.06. The molecule has 0 aliphatic heterocycles. The van der Waals surface area contributed by atoms with Crippen molar-refractivity contribution in [3.63, 3.8) is 0 Å². The van der Waals surface area contributed by atoms with E-state index in [2.05, 4.69) is 5.32 Å². The molecule has 0 aliphatic carbocycles. The molecular weight excluding hydrogens is 434 g/mol. The predicted octanol–water partition coefficient (Wildman–Crippen LogP) is 4.12. The maximum absolute atomic E-state index is 13.7. The highest BCUT2D eigenvalue weighted by Crippen LogP contribution is 2.30. The smallest absolute Gasteiger partial charge is 0.246 e. The number of hydrogen-bond donors (Lipinski definition) is 1. The lowest BCUT2D eigenvalue weighted by Gasteiger charge is -2.21. The average molecular weight is 459 g/mol. The molecule has 0 radical (unpaired) electrons. The molecule has 1 N–H and O–H groups in total. The lowest BCUT2D eigenvalue weighted by atomic mass is 10.3. The second-order valence-corrected chi connectivity index (χ2v) is 9.02. The van der Waals surface area contributed by atoms with Crippen molar-refractivity contribution in [2.75, 3.05) is 30.8 Å².